The maximum absolute atomic E-state index is 13.1. The van der Waals surface area contributed by atoms with Crippen LogP contribution in [0.4, 0.5) is 5.69 Å². The number of likely N-dealkylation sites (tertiary alicyclic amines) is 1. The van der Waals surface area contributed by atoms with Crippen molar-refractivity contribution in [2.75, 3.05) is 37.6 Å². The zero-order valence-corrected chi connectivity index (χ0v) is 15.6. The summed E-state index contributed by atoms with van der Waals surface area (Å²) in [5.74, 6) is 0.563. The topological polar surface area (TPSA) is 56.8 Å². The van der Waals surface area contributed by atoms with Gasteiger partial charge in [0.2, 0.25) is 11.8 Å². The molecular weight excluding hydrogens is 328 g/mol. The van der Waals surface area contributed by atoms with Crippen molar-refractivity contribution in [3.05, 3.63) is 24.0 Å². The summed E-state index contributed by atoms with van der Waals surface area (Å²) >= 11 is 0. The van der Waals surface area contributed by atoms with Gasteiger partial charge in [0.15, 0.2) is 0 Å². The second kappa shape index (κ2) is 7.25. The molecule has 2 saturated heterocycles. The average molecular weight is 356 g/mol. The first-order valence-corrected chi connectivity index (χ1v) is 9.90. The van der Waals surface area contributed by atoms with Crippen molar-refractivity contribution in [2.24, 2.45) is 5.92 Å². The average Bonchev–Trinajstić information content (AvgIpc) is 3.52. The van der Waals surface area contributed by atoms with Gasteiger partial charge in [0.05, 0.1) is 0 Å². The molecule has 1 saturated carbocycles. The lowest BCUT2D eigenvalue weighted by Crippen LogP contribution is -2.57. The monoisotopic (exact) mass is 356 g/mol. The molecule has 0 unspecified atom stereocenters. The van der Waals surface area contributed by atoms with E-state index in [9.17, 15) is 9.59 Å². The second-order valence-corrected chi connectivity index (χ2v) is 7.79. The van der Waals surface area contributed by atoms with E-state index in [1.807, 2.05) is 29.0 Å². The predicted octanol–water partition coefficient (Wildman–Crippen LogP) is 1.83. The van der Waals surface area contributed by atoms with E-state index in [1.165, 1.54) is 5.69 Å². The van der Waals surface area contributed by atoms with Gasteiger partial charge in [0.1, 0.15) is 6.04 Å². The van der Waals surface area contributed by atoms with Crippen molar-refractivity contribution in [3.63, 3.8) is 0 Å². The Morgan fingerprint density at radius 2 is 1.77 bits per heavy atom. The summed E-state index contributed by atoms with van der Waals surface area (Å²) in [6, 6.07) is 3.89. The zero-order chi connectivity index (χ0) is 18.1. The number of piperidine rings is 1. The highest BCUT2D eigenvalue weighted by molar-refractivity contribution is 5.89. The molecule has 0 N–H and O–H groups in total. The highest BCUT2D eigenvalue weighted by Crippen LogP contribution is 2.33. The van der Waals surface area contributed by atoms with Crippen LogP contribution in [0, 0.1) is 12.8 Å². The van der Waals surface area contributed by atoms with E-state index in [4.69, 9.17) is 0 Å². The number of aromatic nitrogens is 1. The third-order valence-corrected chi connectivity index (χ3v) is 5.83. The van der Waals surface area contributed by atoms with Gasteiger partial charge in [0.25, 0.3) is 0 Å². The number of aryl methyl sites for hydroxylation is 1. The first-order chi connectivity index (χ1) is 12.6. The van der Waals surface area contributed by atoms with Gasteiger partial charge in [0, 0.05) is 56.2 Å². The number of nitrogens with zero attached hydrogens (tertiary/aromatic N) is 4. The van der Waals surface area contributed by atoms with E-state index in [2.05, 4.69) is 16.0 Å². The number of hydrogen-bond donors (Lipinski definition) is 0. The Morgan fingerprint density at radius 1 is 1.00 bits per heavy atom. The first-order valence-electron chi connectivity index (χ1n) is 9.90. The molecule has 0 spiro atoms. The van der Waals surface area contributed by atoms with Crippen LogP contribution in [0.1, 0.15) is 37.8 Å². The Labute approximate surface area is 155 Å². The molecule has 6 heteroatoms. The standard InChI is InChI=1S/C20H28N4O2/c1-15-14-17(7-8-21-15)22-10-12-23(13-11-22)20(26)18-4-2-3-9-24(18)19(25)16-5-6-16/h7-8,14,16,18H,2-6,9-13H2,1H3/t18-/m1/s1. The molecular formula is C20H28N4O2. The summed E-state index contributed by atoms with van der Waals surface area (Å²) in [4.78, 5) is 36.1. The van der Waals surface area contributed by atoms with Crippen LogP contribution in [-0.2, 0) is 9.59 Å². The maximum Gasteiger partial charge on any atom is 0.245 e. The van der Waals surface area contributed by atoms with Crippen molar-refractivity contribution in [3.8, 4) is 0 Å². The molecule has 0 radical (unpaired) electrons. The molecule has 2 aliphatic heterocycles. The Balaban J connectivity index is 1.38. The molecule has 140 valence electrons. The first kappa shape index (κ1) is 17.3. The number of pyridine rings is 1. The minimum atomic E-state index is -0.230. The summed E-state index contributed by atoms with van der Waals surface area (Å²) < 4.78 is 0. The molecule has 4 rings (SSSR count). The number of rotatable bonds is 3. The molecule has 3 fully saturated rings. The Kier molecular flexibility index (Phi) is 4.83. The molecule has 2 amide bonds. The van der Waals surface area contributed by atoms with E-state index >= 15 is 0 Å². The molecule has 1 aliphatic carbocycles. The fourth-order valence-electron chi connectivity index (χ4n) is 4.14. The summed E-state index contributed by atoms with van der Waals surface area (Å²) in [5.41, 5.74) is 2.19. The van der Waals surface area contributed by atoms with E-state index in [-0.39, 0.29) is 23.8 Å². The largest absolute Gasteiger partial charge is 0.368 e. The Bertz CT molecular complexity index is 680. The van der Waals surface area contributed by atoms with Gasteiger partial charge in [-0.15, -0.1) is 0 Å². The van der Waals surface area contributed by atoms with Crippen LogP contribution < -0.4 is 4.90 Å². The van der Waals surface area contributed by atoms with Crippen LogP contribution in [-0.4, -0.2) is 65.4 Å². The van der Waals surface area contributed by atoms with Gasteiger partial charge in [-0.25, -0.2) is 0 Å². The lowest BCUT2D eigenvalue weighted by atomic mass is 9.99. The van der Waals surface area contributed by atoms with Crippen LogP contribution in [0.2, 0.25) is 0 Å². The fraction of sp³-hybridized carbons (Fsp3) is 0.650. The van der Waals surface area contributed by atoms with Gasteiger partial charge >= 0.3 is 0 Å². The normalized spacial score (nSPS) is 23.9. The highest BCUT2D eigenvalue weighted by atomic mass is 16.2. The quantitative estimate of drug-likeness (QED) is 0.829. The van der Waals surface area contributed by atoms with Crippen molar-refractivity contribution in [1.29, 1.82) is 0 Å². The predicted molar refractivity (Wildman–Crippen MR) is 99.8 cm³/mol. The van der Waals surface area contributed by atoms with Crippen molar-refractivity contribution < 1.29 is 9.59 Å². The molecule has 1 atom stereocenters. The molecule has 3 aliphatic rings. The molecule has 0 aromatic carbocycles. The SMILES string of the molecule is Cc1cc(N2CCN(C(=O)[C@H]3CCCCN3C(=O)C3CC3)CC2)ccn1. The zero-order valence-electron chi connectivity index (χ0n) is 15.6. The number of carbonyl (C=O) groups excluding carboxylic acids is 2. The van der Waals surface area contributed by atoms with Gasteiger partial charge < -0.3 is 14.7 Å². The lowest BCUT2D eigenvalue weighted by Gasteiger charge is -2.41. The second-order valence-electron chi connectivity index (χ2n) is 7.79. The number of anilines is 1. The van der Waals surface area contributed by atoms with E-state index in [1.54, 1.807) is 0 Å². The van der Waals surface area contributed by atoms with Gasteiger partial charge in [-0.3, -0.25) is 14.6 Å². The summed E-state index contributed by atoms with van der Waals surface area (Å²) in [6.45, 7) is 5.86. The van der Waals surface area contributed by atoms with E-state index in [0.717, 1.165) is 70.5 Å². The highest BCUT2D eigenvalue weighted by Gasteiger charge is 2.41. The van der Waals surface area contributed by atoms with Crippen LogP contribution in [0.25, 0.3) is 0 Å². The number of hydrogen-bond acceptors (Lipinski definition) is 4. The third kappa shape index (κ3) is 3.55. The third-order valence-electron chi connectivity index (χ3n) is 5.83. The van der Waals surface area contributed by atoms with Crippen LogP contribution in [0.3, 0.4) is 0 Å². The van der Waals surface area contributed by atoms with E-state index in [0.29, 0.717) is 0 Å². The fourth-order valence-corrected chi connectivity index (χ4v) is 4.14. The van der Waals surface area contributed by atoms with Crippen LogP contribution in [0.15, 0.2) is 18.3 Å². The molecule has 1 aromatic heterocycles. The van der Waals surface area contributed by atoms with Gasteiger partial charge in [-0.2, -0.15) is 0 Å². The molecule has 3 heterocycles. The number of carbonyl (C=O) groups is 2. The van der Waals surface area contributed by atoms with Gasteiger partial charge in [-0.05, 0) is 51.2 Å². The Hall–Kier alpha value is -2.11. The number of amides is 2. The summed E-state index contributed by atoms with van der Waals surface area (Å²) in [5, 5.41) is 0. The maximum atomic E-state index is 13.1. The molecule has 26 heavy (non-hydrogen) atoms. The molecule has 0 bridgehead atoms. The number of piperazine rings is 1. The molecule has 6 nitrogen and oxygen atoms in total. The summed E-state index contributed by atoms with van der Waals surface area (Å²) in [6.07, 6.45) is 6.73. The summed E-state index contributed by atoms with van der Waals surface area (Å²) in [7, 11) is 0. The smallest absolute Gasteiger partial charge is 0.245 e. The Morgan fingerprint density at radius 3 is 2.46 bits per heavy atom. The van der Waals surface area contributed by atoms with Crippen molar-refractivity contribution in [1.82, 2.24) is 14.8 Å². The van der Waals surface area contributed by atoms with Crippen LogP contribution in [0.5, 0.6) is 0 Å². The van der Waals surface area contributed by atoms with E-state index < -0.39 is 0 Å². The van der Waals surface area contributed by atoms with Crippen molar-refractivity contribution in [2.45, 2.75) is 45.1 Å². The minimum Gasteiger partial charge on any atom is -0.368 e. The van der Waals surface area contributed by atoms with Crippen molar-refractivity contribution >= 4 is 17.5 Å². The van der Waals surface area contributed by atoms with Gasteiger partial charge in [-0.1, -0.05) is 0 Å². The molecule has 1 aromatic rings. The van der Waals surface area contributed by atoms with Crippen LogP contribution >= 0.6 is 0 Å². The lowest BCUT2D eigenvalue weighted by molar-refractivity contribution is -0.148. The minimum absolute atomic E-state index is 0.157.